The number of pyridine rings is 1. The molecule has 0 spiro atoms. The van der Waals surface area contributed by atoms with Gasteiger partial charge in [-0.15, -0.1) is 0 Å². The molecule has 0 aliphatic carbocycles. The highest BCUT2D eigenvalue weighted by atomic mass is 32.2. The molecule has 0 aromatic carbocycles. The minimum atomic E-state index is -0.461. The number of ether oxygens (including phenoxy) is 2. The molecule has 7 heteroatoms. The van der Waals surface area contributed by atoms with Gasteiger partial charge in [0.1, 0.15) is 12.6 Å². The Morgan fingerprint density at radius 3 is 2.95 bits per heavy atom. The predicted molar refractivity (Wildman–Crippen MR) is 79.6 cm³/mol. The summed E-state index contributed by atoms with van der Waals surface area (Å²) in [6.07, 6.45) is 2.66. The largest absolute Gasteiger partial charge is 0.473 e. The Morgan fingerprint density at radius 2 is 2.33 bits per heavy atom. The Morgan fingerprint density at radius 1 is 1.48 bits per heavy atom. The van der Waals surface area contributed by atoms with Crippen molar-refractivity contribution in [2.45, 2.75) is 19.4 Å². The van der Waals surface area contributed by atoms with Crippen LogP contribution in [-0.2, 0) is 9.53 Å². The van der Waals surface area contributed by atoms with Gasteiger partial charge in [0.2, 0.25) is 5.88 Å². The van der Waals surface area contributed by atoms with Gasteiger partial charge in [-0.1, -0.05) is 0 Å². The number of hydrogen-bond donors (Lipinski definition) is 1. The third-order valence-electron chi connectivity index (χ3n) is 2.87. The van der Waals surface area contributed by atoms with Crippen LogP contribution in [0.5, 0.6) is 5.88 Å². The highest BCUT2D eigenvalue weighted by Crippen LogP contribution is 2.21. The van der Waals surface area contributed by atoms with E-state index in [0.29, 0.717) is 18.1 Å². The number of aromatic nitrogens is 1. The van der Waals surface area contributed by atoms with E-state index in [2.05, 4.69) is 10.3 Å². The zero-order valence-corrected chi connectivity index (χ0v) is 12.6. The van der Waals surface area contributed by atoms with E-state index in [4.69, 9.17) is 9.47 Å². The molecule has 1 N–H and O–H groups in total. The van der Waals surface area contributed by atoms with E-state index in [0.717, 1.165) is 17.9 Å². The molecule has 1 atom stereocenters. The van der Waals surface area contributed by atoms with Crippen molar-refractivity contribution in [3.05, 3.63) is 23.9 Å². The Balaban J connectivity index is 1.83. The van der Waals surface area contributed by atoms with Crippen LogP contribution < -0.4 is 10.1 Å². The molecule has 1 fully saturated rings. The molecule has 2 heterocycles. The van der Waals surface area contributed by atoms with Crippen molar-refractivity contribution in [1.82, 2.24) is 10.3 Å². The summed E-state index contributed by atoms with van der Waals surface area (Å²) in [5.74, 6) is 1.78. The molecule has 6 nitrogen and oxygen atoms in total. The molecule has 1 amide bonds. The first kappa shape index (κ1) is 15.6. The van der Waals surface area contributed by atoms with Gasteiger partial charge in [0.25, 0.3) is 5.91 Å². The molecular weight excluding hydrogens is 292 g/mol. The Bertz CT molecular complexity index is 486. The fourth-order valence-electron chi connectivity index (χ4n) is 1.83. The number of nitrogens with zero attached hydrogens (tertiary/aromatic N) is 1. The van der Waals surface area contributed by atoms with Crippen LogP contribution in [-0.4, -0.2) is 47.6 Å². The van der Waals surface area contributed by atoms with Gasteiger partial charge in [-0.25, -0.2) is 4.98 Å². The Labute approximate surface area is 127 Å². The van der Waals surface area contributed by atoms with E-state index in [1.807, 2.05) is 11.8 Å². The second-order valence-electron chi connectivity index (χ2n) is 4.48. The van der Waals surface area contributed by atoms with Gasteiger partial charge < -0.3 is 14.8 Å². The number of carbonyl (C=O) groups is 2. The molecule has 0 saturated carbocycles. The van der Waals surface area contributed by atoms with E-state index in [-0.39, 0.29) is 18.6 Å². The van der Waals surface area contributed by atoms with Crippen molar-refractivity contribution in [2.24, 2.45) is 0 Å². The van der Waals surface area contributed by atoms with E-state index >= 15 is 0 Å². The fourth-order valence-corrected chi connectivity index (χ4v) is 2.92. The van der Waals surface area contributed by atoms with Crippen molar-refractivity contribution in [2.75, 3.05) is 24.7 Å². The number of amides is 1. The van der Waals surface area contributed by atoms with Gasteiger partial charge in [-0.05, 0) is 25.2 Å². The van der Waals surface area contributed by atoms with Crippen LogP contribution in [0.15, 0.2) is 18.3 Å². The zero-order chi connectivity index (χ0) is 15.1. The molecule has 1 aliphatic heterocycles. The van der Waals surface area contributed by atoms with Crippen molar-refractivity contribution in [1.29, 1.82) is 0 Å². The van der Waals surface area contributed by atoms with E-state index in [1.165, 1.54) is 6.20 Å². The van der Waals surface area contributed by atoms with Crippen LogP contribution in [0.25, 0.3) is 0 Å². The van der Waals surface area contributed by atoms with E-state index in [1.54, 1.807) is 19.1 Å². The van der Waals surface area contributed by atoms with Gasteiger partial charge in [-0.2, -0.15) is 11.8 Å². The number of hydrogen-bond acceptors (Lipinski definition) is 6. The zero-order valence-electron chi connectivity index (χ0n) is 11.8. The molecule has 0 bridgehead atoms. The molecule has 2 rings (SSSR count). The fraction of sp³-hybridized carbons (Fsp3) is 0.500. The third-order valence-corrected chi connectivity index (χ3v) is 4.00. The average molecular weight is 310 g/mol. The van der Waals surface area contributed by atoms with Crippen molar-refractivity contribution >= 4 is 23.6 Å². The van der Waals surface area contributed by atoms with Crippen molar-refractivity contribution < 1.29 is 19.1 Å². The van der Waals surface area contributed by atoms with Crippen LogP contribution in [0.3, 0.4) is 0 Å². The van der Waals surface area contributed by atoms with Crippen LogP contribution >= 0.6 is 11.8 Å². The first-order valence-corrected chi connectivity index (χ1v) is 7.98. The molecule has 1 aromatic rings. The molecule has 21 heavy (non-hydrogen) atoms. The molecule has 1 aromatic heterocycles. The summed E-state index contributed by atoms with van der Waals surface area (Å²) in [4.78, 5) is 27.1. The van der Waals surface area contributed by atoms with Crippen LogP contribution in [0, 0.1) is 0 Å². The van der Waals surface area contributed by atoms with Gasteiger partial charge in [0, 0.05) is 18.0 Å². The minimum Gasteiger partial charge on any atom is -0.473 e. The topological polar surface area (TPSA) is 77.5 Å². The lowest BCUT2D eigenvalue weighted by Crippen LogP contribution is -2.30. The summed E-state index contributed by atoms with van der Waals surface area (Å²) in [7, 11) is 0. The maximum absolute atomic E-state index is 11.8. The Hall–Kier alpha value is -1.76. The highest BCUT2D eigenvalue weighted by Gasteiger charge is 2.17. The Kier molecular flexibility index (Phi) is 5.86. The average Bonchev–Trinajstić information content (AvgIpc) is 2.99. The van der Waals surface area contributed by atoms with Gasteiger partial charge in [0.05, 0.1) is 12.2 Å². The van der Waals surface area contributed by atoms with Crippen molar-refractivity contribution in [3.8, 4) is 5.88 Å². The summed E-state index contributed by atoms with van der Waals surface area (Å²) >= 11 is 1.86. The summed E-state index contributed by atoms with van der Waals surface area (Å²) in [6.45, 7) is 1.86. The quantitative estimate of drug-likeness (QED) is 0.797. The lowest BCUT2D eigenvalue weighted by Gasteiger charge is -2.11. The smallest absolute Gasteiger partial charge is 0.325 e. The maximum atomic E-state index is 11.8. The van der Waals surface area contributed by atoms with Crippen LogP contribution in [0.4, 0.5) is 0 Å². The molecule has 0 radical (unpaired) electrons. The van der Waals surface area contributed by atoms with Gasteiger partial charge >= 0.3 is 5.97 Å². The number of rotatable bonds is 6. The number of thioether (sulfide) groups is 1. The molecule has 1 saturated heterocycles. The van der Waals surface area contributed by atoms with Gasteiger partial charge in [-0.3, -0.25) is 9.59 Å². The first-order chi connectivity index (χ1) is 10.2. The highest BCUT2D eigenvalue weighted by molar-refractivity contribution is 7.99. The van der Waals surface area contributed by atoms with Crippen molar-refractivity contribution in [3.63, 3.8) is 0 Å². The standard InChI is InChI=1S/C14H18N2O4S/c1-2-19-13(17)8-16-14(18)10-3-4-12(15-7-10)20-11-5-6-21-9-11/h3-4,7,11H,2,5-6,8-9H2,1H3,(H,16,18)/t11-/m1/s1. The predicted octanol–water partition coefficient (Wildman–Crippen LogP) is 1.26. The molecular formula is C14H18N2O4S. The third kappa shape index (κ3) is 4.93. The maximum Gasteiger partial charge on any atom is 0.325 e. The monoisotopic (exact) mass is 310 g/mol. The van der Waals surface area contributed by atoms with Crippen LogP contribution in [0.2, 0.25) is 0 Å². The van der Waals surface area contributed by atoms with E-state index in [9.17, 15) is 9.59 Å². The molecule has 1 aliphatic rings. The first-order valence-electron chi connectivity index (χ1n) is 6.83. The van der Waals surface area contributed by atoms with Gasteiger partial charge in [0.15, 0.2) is 0 Å². The summed E-state index contributed by atoms with van der Waals surface area (Å²) in [5.41, 5.74) is 0.382. The van der Waals surface area contributed by atoms with E-state index < -0.39 is 5.97 Å². The normalized spacial score (nSPS) is 17.3. The summed E-state index contributed by atoms with van der Waals surface area (Å²) in [5, 5.41) is 2.48. The number of nitrogens with one attached hydrogen (secondary N) is 1. The molecule has 114 valence electrons. The lowest BCUT2D eigenvalue weighted by molar-refractivity contribution is -0.141. The molecule has 0 unspecified atom stereocenters. The second kappa shape index (κ2) is 7.87. The lowest BCUT2D eigenvalue weighted by atomic mass is 10.2. The van der Waals surface area contributed by atoms with Crippen LogP contribution in [0.1, 0.15) is 23.7 Å². The number of esters is 1. The second-order valence-corrected chi connectivity index (χ2v) is 5.63. The number of carbonyl (C=O) groups excluding carboxylic acids is 2. The summed E-state index contributed by atoms with van der Waals surface area (Å²) in [6, 6.07) is 3.30. The minimum absolute atomic E-state index is 0.149. The summed E-state index contributed by atoms with van der Waals surface area (Å²) < 4.78 is 10.4. The SMILES string of the molecule is CCOC(=O)CNC(=O)c1ccc(O[C@@H]2CCSC2)nc1.